The number of hydrogen-bond acceptors (Lipinski definition) is 6. The Kier molecular flexibility index (Phi) is 8.73. The topological polar surface area (TPSA) is 99.5 Å². The molecule has 8 heteroatoms. The van der Waals surface area contributed by atoms with Gasteiger partial charge in [0.15, 0.2) is 6.23 Å². The summed E-state index contributed by atoms with van der Waals surface area (Å²) in [6.45, 7) is 6.17. The third-order valence-corrected chi connectivity index (χ3v) is 6.16. The van der Waals surface area contributed by atoms with Gasteiger partial charge in [-0.3, -0.25) is 4.79 Å². The summed E-state index contributed by atoms with van der Waals surface area (Å²) in [5.41, 5.74) is 2.45. The maximum absolute atomic E-state index is 12.1. The van der Waals surface area contributed by atoms with Crippen LogP contribution >= 0.6 is 11.6 Å². The number of ether oxygens (including phenoxy) is 2. The van der Waals surface area contributed by atoms with Crippen molar-refractivity contribution in [3.63, 3.8) is 0 Å². The summed E-state index contributed by atoms with van der Waals surface area (Å²) in [4.78, 5) is 13.5. The first-order valence-electron chi connectivity index (χ1n) is 11.2. The van der Waals surface area contributed by atoms with E-state index in [1.165, 1.54) is 11.8 Å². The van der Waals surface area contributed by atoms with Crippen LogP contribution in [0.15, 0.2) is 42.5 Å². The van der Waals surface area contributed by atoms with Gasteiger partial charge in [0.2, 0.25) is 5.91 Å². The summed E-state index contributed by atoms with van der Waals surface area (Å²) >= 11 is 6.45. The normalized spacial score (nSPS) is 25.0. The number of aliphatic hydroxyl groups excluding tert-OH is 3. The van der Waals surface area contributed by atoms with Gasteiger partial charge in [0.25, 0.3) is 0 Å². The molecular weight excluding hydrogens is 446 g/mol. The monoisotopic (exact) mass is 477 g/mol. The Balaban J connectivity index is 1.87. The van der Waals surface area contributed by atoms with E-state index in [2.05, 4.69) is 0 Å². The molecule has 180 valence electrons. The molecule has 3 N–H and O–H groups in total. The number of rotatable bonds is 8. The van der Waals surface area contributed by atoms with E-state index in [-0.39, 0.29) is 5.91 Å². The average molecular weight is 478 g/mol. The zero-order valence-corrected chi connectivity index (χ0v) is 19.9. The van der Waals surface area contributed by atoms with Gasteiger partial charge in [-0.15, -0.1) is 0 Å². The van der Waals surface area contributed by atoms with Crippen LogP contribution in [0.1, 0.15) is 50.0 Å². The molecule has 0 aromatic heterocycles. The molecule has 2 aromatic rings. The Bertz CT molecular complexity index is 937. The van der Waals surface area contributed by atoms with Crippen molar-refractivity contribution in [1.29, 1.82) is 0 Å². The van der Waals surface area contributed by atoms with E-state index in [4.69, 9.17) is 21.1 Å². The molecule has 1 fully saturated rings. The van der Waals surface area contributed by atoms with Crippen molar-refractivity contribution in [1.82, 2.24) is 4.90 Å². The van der Waals surface area contributed by atoms with Crippen LogP contribution < -0.4 is 4.74 Å². The lowest BCUT2D eigenvalue weighted by Crippen LogP contribution is -2.60. The number of carbonyl (C=O) groups excluding carboxylic acids is 1. The molecule has 0 bridgehead atoms. The predicted molar refractivity (Wildman–Crippen MR) is 125 cm³/mol. The van der Waals surface area contributed by atoms with Crippen molar-refractivity contribution < 1.29 is 29.6 Å². The highest BCUT2D eigenvalue weighted by Gasteiger charge is 2.47. The van der Waals surface area contributed by atoms with Crippen molar-refractivity contribution in [2.75, 3.05) is 13.2 Å². The molecule has 1 saturated heterocycles. The highest BCUT2D eigenvalue weighted by Crippen LogP contribution is 2.35. The van der Waals surface area contributed by atoms with Crippen LogP contribution in [0.5, 0.6) is 5.75 Å². The Labute approximate surface area is 199 Å². The quantitative estimate of drug-likeness (QED) is 0.540. The van der Waals surface area contributed by atoms with Gasteiger partial charge in [0, 0.05) is 18.5 Å². The van der Waals surface area contributed by atoms with Crippen molar-refractivity contribution in [3.05, 3.63) is 64.2 Å². The summed E-state index contributed by atoms with van der Waals surface area (Å²) < 4.78 is 11.5. The molecule has 0 aliphatic carbocycles. The Morgan fingerprint density at radius 3 is 2.36 bits per heavy atom. The summed E-state index contributed by atoms with van der Waals surface area (Å²) in [7, 11) is 0. The van der Waals surface area contributed by atoms with Crippen molar-refractivity contribution in [2.24, 2.45) is 0 Å². The zero-order chi connectivity index (χ0) is 24.1. The van der Waals surface area contributed by atoms with Gasteiger partial charge in [-0.05, 0) is 54.7 Å². The minimum absolute atomic E-state index is 0.282. The molecule has 0 unspecified atom stereocenters. The van der Waals surface area contributed by atoms with Crippen molar-refractivity contribution in [3.8, 4) is 5.75 Å². The Morgan fingerprint density at radius 2 is 1.76 bits per heavy atom. The number of carbonyl (C=O) groups is 1. The molecule has 2 aromatic carbocycles. The third kappa shape index (κ3) is 5.86. The van der Waals surface area contributed by atoms with Gasteiger partial charge >= 0.3 is 0 Å². The Morgan fingerprint density at radius 1 is 1.06 bits per heavy atom. The highest BCUT2D eigenvalue weighted by atomic mass is 35.5. The van der Waals surface area contributed by atoms with Crippen LogP contribution in [0.4, 0.5) is 0 Å². The van der Waals surface area contributed by atoms with Gasteiger partial charge in [-0.2, -0.15) is 0 Å². The molecule has 1 aliphatic rings. The first-order chi connectivity index (χ1) is 15.8. The van der Waals surface area contributed by atoms with Crippen LogP contribution in [-0.4, -0.2) is 63.8 Å². The lowest BCUT2D eigenvalue weighted by molar-refractivity contribution is -0.259. The van der Waals surface area contributed by atoms with E-state index < -0.39 is 30.6 Å². The number of hydrogen-bond donors (Lipinski definition) is 3. The third-order valence-electron chi connectivity index (χ3n) is 5.79. The SMILES string of the molecule is CCCN(C(C)=O)[C@H]1O[C@@H](c2ccc(Cl)c(Cc3ccc(OCC)cc3)c2)[C@H](O)[C@H](O)[C@H]1O. The lowest BCUT2D eigenvalue weighted by Gasteiger charge is -2.45. The smallest absolute Gasteiger partial charge is 0.221 e. The number of benzene rings is 2. The van der Waals surface area contributed by atoms with E-state index in [1.54, 1.807) is 12.1 Å². The van der Waals surface area contributed by atoms with Gasteiger partial charge in [0.1, 0.15) is 30.2 Å². The van der Waals surface area contributed by atoms with Gasteiger partial charge in [-0.25, -0.2) is 0 Å². The number of amides is 1. The van der Waals surface area contributed by atoms with Crippen molar-refractivity contribution in [2.45, 2.75) is 64.3 Å². The first-order valence-corrected chi connectivity index (χ1v) is 11.6. The fraction of sp³-hybridized carbons (Fsp3) is 0.480. The molecule has 7 nitrogen and oxygen atoms in total. The maximum atomic E-state index is 12.1. The predicted octanol–water partition coefficient (Wildman–Crippen LogP) is 3.07. The van der Waals surface area contributed by atoms with Crippen LogP contribution in [0.25, 0.3) is 0 Å². The molecule has 1 amide bonds. The summed E-state index contributed by atoms with van der Waals surface area (Å²) in [6, 6.07) is 13.0. The minimum atomic E-state index is -1.47. The first kappa shape index (κ1) is 25.5. The minimum Gasteiger partial charge on any atom is -0.494 e. The maximum Gasteiger partial charge on any atom is 0.221 e. The molecule has 1 aliphatic heterocycles. The second kappa shape index (κ2) is 11.3. The molecule has 0 saturated carbocycles. The number of aliphatic hydroxyl groups is 3. The second-order valence-corrected chi connectivity index (χ2v) is 8.64. The molecular formula is C25H32ClNO6. The molecule has 0 spiro atoms. The Hall–Kier alpha value is -2.16. The van der Waals surface area contributed by atoms with E-state index >= 15 is 0 Å². The van der Waals surface area contributed by atoms with E-state index in [0.29, 0.717) is 36.6 Å². The largest absolute Gasteiger partial charge is 0.494 e. The van der Waals surface area contributed by atoms with Crippen LogP contribution in [0, 0.1) is 0 Å². The molecule has 1 heterocycles. The molecule has 5 atom stereocenters. The van der Waals surface area contributed by atoms with Crippen LogP contribution in [-0.2, 0) is 16.0 Å². The lowest BCUT2D eigenvalue weighted by atomic mass is 9.91. The fourth-order valence-electron chi connectivity index (χ4n) is 4.10. The van der Waals surface area contributed by atoms with E-state index in [1.807, 2.05) is 44.2 Å². The highest BCUT2D eigenvalue weighted by molar-refractivity contribution is 6.31. The number of nitrogens with zero attached hydrogens (tertiary/aromatic N) is 1. The second-order valence-electron chi connectivity index (χ2n) is 8.24. The van der Waals surface area contributed by atoms with Gasteiger partial charge in [0.05, 0.1) is 6.61 Å². The average Bonchev–Trinajstić information content (AvgIpc) is 2.79. The number of halogens is 1. The summed E-state index contributed by atoms with van der Waals surface area (Å²) in [5.74, 6) is 0.510. The van der Waals surface area contributed by atoms with Crippen LogP contribution in [0.2, 0.25) is 5.02 Å². The van der Waals surface area contributed by atoms with Crippen molar-refractivity contribution >= 4 is 17.5 Å². The van der Waals surface area contributed by atoms with Gasteiger partial charge in [-0.1, -0.05) is 42.8 Å². The summed E-state index contributed by atoms with van der Waals surface area (Å²) in [5, 5.41) is 32.3. The molecule has 33 heavy (non-hydrogen) atoms. The molecule has 0 radical (unpaired) electrons. The van der Waals surface area contributed by atoms with E-state index in [9.17, 15) is 20.1 Å². The fourth-order valence-corrected chi connectivity index (χ4v) is 4.28. The molecule has 3 rings (SSSR count). The van der Waals surface area contributed by atoms with Gasteiger partial charge < -0.3 is 29.7 Å². The zero-order valence-electron chi connectivity index (χ0n) is 19.1. The van der Waals surface area contributed by atoms with Crippen LogP contribution in [0.3, 0.4) is 0 Å². The van der Waals surface area contributed by atoms with E-state index in [0.717, 1.165) is 16.9 Å². The summed E-state index contributed by atoms with van der Waals surface area (Å²) in [6.07, 6.45) is -5.08. The standard InChI is InChI=1S/C25H32ClNO6/c1-4-12-27(15(3)28)25-23(31)21(29)22(30)24(33-25)17-8-11-20(26)18(14-17)13-16-6-9-19(10-7-16)32-5-2/h6-11,14,21-25,29-31H,4-5,12-13H2,1-3H3/t21-,22+,23+,24-,25-/m0/s1.